The molecule has 0 unspecified atom stereocenters. The number of amides is 1. The molecule has 0 bridgehead atoms. The number of hydrogen-bond donors (Lipinski definition) is 1. The normalized spacial score (nSPS) is 10.3. The minimum atomic E-state index is -0.0602. The molecule has 0 radical (unpaired) electrons. The second-order valence-corrected chi connectivity index (χ2v) is 6.15. The molecule has 3 rings (SSSR count). The number of aromatic nitrogens is 2. The van der Waals surface area contributed by atoms with Gasteiger partial charge in [-0.25, -0.2) is 0 Å². The first-order valence-corrected chi connectivity index (χ1v) is 8.66. The maximum absolute atomic E-state index is 12.7. The number of anilines is 2. The Morgan fingerprint density at radius 3 is 2.48 bits per heavy atom. The fourth-order valence-electron chi connectivity index (χ4n) is 2.63. The van der Waals surface area contributed by atoms with Gasteiger partial charge in [0.15, 0.2) is 0 Å². The highest BCUT2D eigenvalue weighted by Gasteiger charge is 2.13. The van der Waals surface area contributed by atoms with Crippen molar-refractivity contribution in [3.05, 3.63) is 78.4 Å². The maximum Gasteiger partial charge on any atom is 0.255 e. The second-order valence-electron chi connectivity index (χ2n) is 6.15. The van der Waals surface area contributed by atoms with Crippen LogP contribution in [0.5, 0.6) is 5.75 Å². The summed E-state index contributed by atoms with van der Waals surface area (Å²) in [5.74, 6) is 0.730. The van der Waals surface area contributed by atoms with Crippen LogP contribution in [0.1, 0.15) is 15.9 Å². The van der Waals surface area contributed by atoms with Gasteiger partial charge in [0.25, 0.3) is 5.91 Å². The van der Waals surface area contributed by atoms with Crippen molar-refractivity contribution in [2.45, 2.75) is 6.42 Å². The molecule has 0 aliphatic rings. The predicted octanol–water partition coefficient (Wildman–Crippen LogP) is 3.54. The molecule has 0 saturated heterocycles. The number of ether oxygens (including phenoxy) is 1. The van der Waals surface area contributed by atoms with E-state index >= 15 is 0 Å². The zero-order valence-electron chi connectivity index (χ0n) is 15.4. The Balaban J connectivity index is 1.63. The number of nitrogens with one attached hydrogen (secondary N) is 1. The number of pyridine rings is 2. The Morgan fingerprint density at radius 1 is 1.04 bits per heavy atom. The minimum absolute atomic E-state index is 0.0602. The monoisotopic (exact) mass is 362 g/mol. The number of methoxy groups -OCH3 is 1. The van der Waals surface area contributed by atoms with Crippen molar-refractivity contribution in [1.82, 2.24) is 14.9 Å². The first-order valence-electron chi connectivity index (χ1n) is 8.66. The maximum atomic E-state index is 12.7. The van der Waals surface area contributed by atoms with Crippen LogP contribution < -0.4 is 10.1 Å². The standard InChI is InChI=1S/C21H22N4O2/c1-25(12-9-16-7-10-22-11-8-16)21(26)17-13-19(15-23-14-17)24-18-3-5-20(27-2)6-4-18/h3-8,10-11,13-15,24H,9,12H2,1-2H3. The summed E-state index contributed by atoms with van der Waals surface area (Å²) in [6.07, 6.45) is 7.58. The zero-order chi connectivity index (χ0) is 19.1. The summed E-state index contributed by atoms with van der Waals surface area (Å²) in [6, 6.07) is 13.3. The van der Waals surface area contributed by atoms with Crippen LogP contribution in [0.25, 0.3) is 0 Å². The van der Waals surface area contributed by atoms with Gasteiger partial charge in [0.05, 0.1) is 24.6 Å². The summed E-state index contributed by atoms with van der Waals surface area (Å²) >= 11 is 0. The van der Waals surface area contributed by atoms with Crippen molar-refractivity contribution in [1.29, 1.82) is 0 Å². The van der Waals surface area contributed by atoms with Crippen LogP contribution in [-0.4, -0.2) is 41.5 Å². The molecule has 0 aliphatic carbocycles. The van der Waals surface area contributed by atoms with Gasteiger partial charge < -0.3 is 15.0 Å². The SMILES string of the molecule is COc1ccc(Nc2cncc(C(=O)N(C)CCc3ccncc3)c2)cc1. The lowest BCUT2D eigenvalue weighted by Crippen LogP contribution is -2.29. The number of likely N-dealkylation sites (N-methyl/N-ethyl adjacent to an activating group) is 1. The molecule has 27 heavy (non-hydrogen) atoms. The fourth-order valence-corrected chi connectivity index (χ4v) is 2.63. The molecule has 1 N–H and O–H groups in total. The van der Waals surface area contributed by atoms with Gasteiger partial charge in [0, 0.05) is 37.9 Å². The fraction of sp³-hybridized carbons (Fsp3) is 0.190. The van der Waals surface area contributed by atoms with E-state index < -0.39 is 0 Å². The van der Waals surface area contributed by atoms with Gasteiger partial charge in [0.2, 0.25) is 0 Å². The number of benzene rings is 1. The Hall–Kier alpha value is -3.41. The lowest BCUT2D eigenvalue weighted by molar-refractivity contribution is 0.0796. The third kappa shape index (κ3) is 5.04. The smallest absolute Gasteiger partial charge is 0.255 e. The van der Waals surface area contributed by atoms with Crippen LogP contribution in [0.15, 0.2) is 67.3 Å². The predicted molar refractivity (Wildman–Crippen MR) is 105 cm³/mol. The molecule has 2 aromatic heterocycles. The molecular weight excluding hydrogens is 340 g/mol. The van der Waals surface area contributed by atoms with Crippen LogP contribution in [0.2, 0.25) is 0 Å². The zero-order valence-corrected chi connectivity index (χ0v) is 15.4. The van der Waals surface area contributed by atoms with Gasteiger partial charge in [-0.05, 0) is 54.4 Å². The van der Waals surface area contributed by atoms with E-state index in [1.807, 2.05) is 42.5 Å². The Labute approximate surface area is 158 Å². The van der Waals surface area contributed by atoms with Crippen LogP contribution in [-0.2, 0) is 6.42 Å². The number of carbonyl (C=O) groups is 1. The number of carbonyl (C=O) groups excluding carboxylic acids is 1. The molecule has 2 heterocycles. The van der Waals surface area contributed by atoms with Crippen LogP contribution >= 0.6 is 0 Å². The van der Waals surface area contributed by atoms with Gasteiger partial charge in [-0.15, -0.1) is 0 Å². The molecule has 3 aromatic rings. The van der Waals surface area contributed by atoms with Gasteiger partial charge >= 0.3 is 0 Å². The van der Waals surface area contributed by atoms with Gasteiger partial charge in [0.1, 0.15) is 5.75 Å². The van der Waals surface area contributed by atoms with E-state index in [1.165, 1.54) is 0 Å². The van der Waals surface area contributed by atoms with Crippen molar-refractivity contribution in [2.75, 3.05) is 26.0 Å². The third-order valence-corrected chi connectivity index (χ3v) is 4.20. The molecule has 0 fully saturated rings. The molecule has 0 spiro atoms. The molecule has 1 amide bonds. The van der Waals surface area contributed by atoms with Gasteiger partial charge in [-0.3, -0.25) is 14.8 Å². The quantitative estimate of drug-likeness (QED) is 0.696. The van der Waals surface area contributed by atoms with E-state index in [1.54, 1.807) is 43.8 Å². The Bertz CT molecular complexity index is 882. The molecule has 0 saturated carbocycles. The Kier molecular flexibility index (Phi) is 5.99. The van der Waals surface area contributed by atoms with Crippen molar-refractivity contribution >= 4 is 17.3 Å². The van der Waals surface area contributed by atoms with Crippen molar-refractivity contribution in [3.63, 3.8) is 0 Å². The van der Waals surface area contributed by atoms with Crippen molar-refractivity contribution in [2.24, 2.45) is 0 Å². The lowest BCUT2D eigenvalue weighted by atomic mass is 10.2. The van der Waals surface area contributed by atoms with Crippen molar-refractivity contribution < 1.29 is 9.53 Å². The average molecular weight is 362 g/mol. The highest BCUT2D eigenvalue weighted by Crippen LogP contribution is 2.20. The van der Waals surface area contributed by atoms with Gasteiger partial charge in [-0.1, -0.05) is 0 Å². The first-order chi connectivity index (χ1) is 13.2. The van der Waals surface area contributed by atoms with E-state index in [9.17, 15) is 4.79 Å². The lowest BCUT2D eigenvalue weighted by Gasteiger charge is -2.17. The van der Waals surface area contributed by atoms with E-state index in [0.717, 1.165) is 29.1 Å². The minimum Gasteiger partial charge on any atom is -0.497 e. The molecule has 0 atom stereocenters. The summed E-state index contributed by atoms with van der Waals surface area (Å²) in [6.45, 7) is 0.624. The molecule has 138 valence electrons. The van der Waals surface area contributed by atoms with Crippen LogP contribution in [0.4, 0.5) is 11.4 Å². The van der Waals surface area contributed by atoms with Gasteiger partial charge in [-0.2, -0.15) is 0 Å². The highest BCUT2D eigenvalue weighted by molar-refractivity contribution is 5.94. The molecule has 6 nitrogen and oxygen atoms in total. The van der Waals surface area contributed by atoms with Crippen molar-refractivity contribution in [3.8, 4) is 5.75 Å². The van der Waals surface area contributed by atoms with Crippen LogP contribution in [0.3, 0.4) is 0 Å². The second kappa shape index (κ2) is 8.80. The topological polar surface area (TPSA) is 67.3 Å². The highest BCUT2D eigenvalue weighted by atomic mass is 16.5. The summed E-state index contributed by atoms with van der Waals surface area (Å²) in [5.41, 5.74) is 3.35. The largest absolute Gasteiger partial charge is 0.497 e. The summed E-state index contributed by atoms with van der Waals surface area (Å²) in [4.78, 5) is 22.6. The number of rotatable bonds is 7. The third-order valence-electron chi connectivity index (χ3n) is 4.20. The molecule has 0 aliphatic heterocycles. The average Bonchev–Trinajstić information content (AvgIpc) is 2.73. The number of hydrogen-bond acceptors (Lipinski definition) is 5. The van der Waals surface area contributed by atoms with E-state index in [-0.39, 0.29) is 5.91 Å². The Morgan fingerprint density at radius 2 is 1.78 bits per heavy atom. The van der Waals surface area contributed by atoms with E-state index in [2.05, 4.69) is 15.3 Å². The van der Waals surface area contributed by atoms with E-state index in [0.29, 0.717) is 12.1 Å². The molecular formula is C21H22N4O2. The molecule has 1 aromatic carbocycles. The summed E-state index contributed by atoms with van der Waals surface area (Å²) in [5, 5.41) is 3.25. The first kappa shape index (κ1) is 18.4. The van der Waals surface area contributed by atoms with E-state index in [4.69, 9.17) is 4.74 Å². The summed E-state index contributed by atoms with van der Waals surface area (Å²) in [7, 11) is 3.43. The number of nitrogens with zero attached hydrogens (tertiary/aromatic N) is 3. The summed E-state index contributed by atoms with van der Waals surface area (Å²) < 4.78 is 5.16. The molecule has 6 heteroatoms. The van der Waals surface area contributed by atoms with Crippen LogP contribution in [0, 0.1) is 0 Å².